The summed E-state index contributed by atoms with van der Waals surface area (Å²) in [6.07, 6.45) is 1.81. The van der Waals surface area contributed by atoms with Crippen LogP contribution in [0.15, 0.2) is 54.7 Å². The molecule has 3 rings (SSSR count). The summed E-state index contributed by atoms with van der Waals surface area (Å²) in [7, 11) is 0. The van der Waals surface area contributed by atoms with Crippen LogP contribution >= 0.6 is 0 Å². The SMILES string of the molecule is CCCCCCc1ccc(Nc2ncc(C(F)(F)F)c(Nc3ccccc3OC(C)C)n2)cc1. The smallest absolute Gasteiger partial charge is 0.421 e. The molecule has 0 unspecified atom stereocenters. The first-order chi connectivity index (χ1) is 16.3. The van der Waals surface area contributed by atoms with Gasteiger partial charge in [0.15, 0.2) is 0 Å². The fraction of sp³-hybridized carbons (Fsp3) is 0.385. The molecule has 1 heterocycles. The molecule has 3 aromatic rings. The average Bonchev–Trinajstić information content (AvgIpc) is 2.78. The van der Waals surface area contributed by atoms with Crippen LogP contribution in [-0.2, 0) is 12.6 Å². The molecule has 1 aromatic heterocycles. The summed E-state index contributed by atoms with van der Waals surface area (Å²) in [4.78, 5) is 8.03. The van der Waals surface area contributed by atoms with E-state index in [1.807, 2.05) is 38.1 Å². The molecule has 34 heavy (non-hydrogen) atoms. The Labute approximate surface area is 198 Å². The van der Waals surface area contributed by atoms with E-state index in [-0.39, 0.29) is 17.9 Å². The van der Waals surface area contributed by atoms with Crippen molar-refractivity contribution < 1.29 is 17.9 Å². The van der Waals surface area contributed by atoms with E-state index in [1.165, 1.54) is 24.8 Å². The first-order valence-corrected chi connectivity index (χ1v) is 11.6. The van der Waals surface area contributed by atoms with E-state index in [0.29, 0.717) is 17.1 Å². The van der Waals surface area contributed by atoms with Crippen LogP contribution in [0.3, 0.4) is 0 Å². The minimum Gasteiger partial charge on any atom is -0.489 e. The molecule has 0 fully saturated rings. The molecule has 182 valence electrons. The molecule has 0 bridgehead atoms. The number of alkyl halides is 3. The fourth-order valence-electron chi connectivity index (χ4n) is 3.44. The number of ether oxygens (including phenoxy) is 1. The third-order valence-electron chi connectivity index (χ3n) is 5.13. The minimum atomic E-state index is -4.62. The van der Waals surface area contributed by atoms with Crippen molar-refractivity contribution in [2.45, 2.75) is 65.2 Å². The highest BCUT2D eigenvalue weighted by Gasteiger charge is 2.35. The van der Waals surface area contributed by atoms with Crippen LogP contribution < -0.4 is 15.4 Å². The standard InChI is InChI=1S/C26H31F3N4O/c1-4-5-6-7-10-19-13-15-20(16-14-19)31-25-30-17-21(26(27,28)29)24(33-25)32-22-11-8-9-12-23(22)34-18(2)3/h8-9,11-18H,4-7,10H2,1-3H3,(H2,30,31,32,33). The van der Waals surface area contributed by atoms with Gasteiger partial charge in [0.2, 0.25) is 5.95 Å². The molecule has 2 aromatic carbocycles. The zero-order valence-corrected chi connectivity index (χ0v) is 19.7. The Kier molecular flexibility index (Phi) is 8.73. The number of aryl methyl sites for hydroxylation is 1. The van der Waals surface area contributed by atoms with Gasteiger partial charge in [0.25, 0.3) is 0 Å². The summed E-state index contributed by atoms with van der Waals surface area (Å²) in [5.41, 5.74) is 1.35. The Morgan fingerprint density at radius 3 is 2.35 bits per heavy atom. The van der Waals surface area contributed by atoms with Gasteiger partial charge in [-0.3, -0.25) is 0 Å². The van der Waals surface area contributed by atoms with Gasteiger partial charge in [-0.15, -0.1) is 0 Å². The molecular weight excluding hydrogens is 441 g/mol. The molecule has 0 aliphatic carbocycles. The van der Waals surface area contributed by atoms with Gasteiger partial charge >= 0.3 is 6.18 Å². The van der Waals surface area contributed by atoms with Crippen molar-refractivity contribution in [1.29, 1.82) is 0 Å². The molecule has 8 heteroatoms. The summed E-state index contributed by atoms with van der Waals surface area (Å²) >= 11 is 0. The number of anilines is 4. The fourth-order valence-corrected chi connectivity index (χ4v) is 3.44. The molecular formula is C26H31F3N4O. The Bertz CT molecular complexity index is 1050. The zero-order valence-electron chi connectivity index (χ0n) is 19.7. The van der Waals surface area contributed by atoms with Gasteiger partial charge < -0.3 is 15.4 Å². The molecule has 0 saturated heterocycles. The highest BCUT2D eigenvalue weighted by Crippen LogP contribution is 2.37. The van der Waals surface area contributed by atoms with E-state index in [9.17, 15) is 13.2 Å². The van der Waals surface area contributed by atoms with Crippen molar-refractivity contribution in [3.05, 3.63) is 65.9 Å². The second-order valence-electron chi connectivity index (χ2n) is 8.37. The van der Waals surface area contributed by atoms with Gasteiger partial charge in [-0.1, -0.05) is 50.5 Å². The van der Waals surface area contributed by atoms with Crippen LogP contribution in [0.1, 0.15) is 57.6 Å². The normalized spacial score (nSPS) is 11.5. The van der Waals surface area contributed by atoms with Gasteiger partial charge in [-0.2, -0.15) is 18.2 Å². The Morgan fingerprint density at radius 2 is 1.68 bits per heavy atom. The van der Waals surface area contributed by atoms with Gasteiger partial charge in [0.05, 0.1) is 11.8 Å². The highest BCUT2D eigenvalue weighted by molar-refractivity contribution is 5.67. The molecule has 0 radical (unpaired) electrons. The maximum absolute atomic E-state index is 13.6. The summed E-state index contributed by atoms with van der Waals surface area (Å²) in [6.45, 7) is 5.88. The van der Waals surface area contributed by atoms with Crippen LogP contribution in [0, 0.1) is 0 Å². The monoisotopic (exact) mass is 472 g/mol. The summed E-state index contributed by atoms with van der Waals surface area (Å²) in [5.74, 6) is 0.152. The summed E-state index contributed by atoms with van der Waals surface area (Å²) in [6, 6.07) is 14.6. The van der Waals surface area contributed by atoms with Crippen molar-refractivity contribution in [2.24, 2.45) is 0 Å². The van der Waals surface area contributed by atoms with Gasteiger partial charge in [-0.25, -0.2) is 4.98 Å². The number of rotatable bonds is 11. The number of hydrogen-bond acceptors (Lipinski definition) is 5. The van der Waals surface area contributed by atoms with Crippen molar-refractivity contribution in [3.63, 3.8) is 0 Å². The Balaban J connectivity index is 1.80. The lowest BCUT2D eigenvalue weighted by Crippen LogP contribution is -2.13. The maximum Gasteiger partial charge on any atom is 0.421 e. The van der Waals surface area contributed by atoms with Gasteiger partial charge in [0.1, 0.15) is 17.1 Å². The molecule has 0 atom stereocenters. The van der Waals surface area contributed by atoms with Crippen molar-refractivity contribution in [3.8, 4) is 5.75 Å². The maximum atomic E-state index is 13.6. The third kappa shape index (κ3) is 7.37. The van der Waals surface area contributed by atoms with E-state index < -0.39 is 11.7 Å². The van der Waals surface area contributed by atoms with Crippen LogP contribution in [-0.4, -0.2) is 16.1 Å². The quantitative estimate of drug-likeness (QED) is 0.278. The Hall–Kier alpha value is -3.29. The first kappa shape index (κ1) is 25.3. The minimum absolute atomic E-state index is 0.0634. The molecule has 0 saturated carbocycles. The highest BCUT2D eigenvalue weighted by atomic mass is 19.4. The lowest BCUT2D eigenvalue weighted by molar-refractivity contribution is -0.137. The van der Waals surface area contributed by atoms with E-state index in [0.717, 1.165) is 19.0 Å². The number of halogens is 3. The number of para-hydroxylation sites is 2. The molecule has 0 amide bonds. The largest absolute Gasteiger partial charge is 0.489 e. The van der Waals surface area contributed by atoms with Crippen LogP contribution in [0.25, 0.3) is 0 Å². The number of aromatic nitrogens is 2. The number of benzene rings is 2. The van der Waals surface area contributed by atoms with E-state index >= 15 is 0 Å². The van der Waals surface area contributed by atoms with E-state index in [2.05, 4.69) is 27.5 Å². The first-order valence-electron chi connectivity index (χ1n) is 11.6. The van der Waals surface area contributed by atoms with Crippen molar-refractivity contribution in [2.75, 3.05) is 10.6 Å². The summed E-state index contributed by atoms with van der Waals surface area (Å²) < 4.78 is 46.6. The number of hydrogen-bond donors (Lipinski definition) is 2. The van der Waals surface area contributed by atoms with E-state index in [1.54, 1.807) is 24.3 Å². The topological polar surface area (TPSA) is 59.1 Å². The number of nitrogens with one attached hydrogen (secondary N) is 2. The van der Waals surface area contributed by atoms with Crippen LogP contribution in [0.4, 0.5) is 36.3 Å². The average molecular weight is 473 g/mol. The lowest BCUT2D eigenvalue weighted by atomic mass is 10.1. The number of unbranched alkanes of at least 4 members (excludes halogenated alkanes) is 3. The van der Waals surface area contributed by atoms with Crippen LogP contribution in [0.2, 0.25) is 0 Å². The summed E-state index contributed by atoms with van der Waals surface area (Å²) in [5, 5.41) is 5.78. The van der Waals surface area contributed by atoms with Gasteiger partial charge in [-0.05, 0) is 56.5 Å². The number of nitrogens with zero attached hydrogens (tertiary/aromatic N) is 2. The molecule has 2 N–H and O–H groups in total. The van der Waals surface area contributed by atoms with Crippen LogP contribution in [0.5, 0.6) is 5.75 Å². The van der Waals surface area contributed by atoms with Gasteiger partial charge in [0, 0.05) is 11.9 Å². The van der Waals surface area contributed by atoms with E-state index in [4.69, 9.17) is 4.74 Å². The molecule has 0 spiro atoms. The zero-order chi connectivity index (χ0) is 24.6. The third-order valence-corrected chi connectivity index (χ3v) is 5.13. The molecule has 0 aliphatic heterocycles. The lowest BCUT2D eigenvalue weighted by Gasteiger charge is -2.18. The second-order valence-corrected chi connectivity index (χ2v) is 8.37. The molecule has 0 aliphatic rings. The van der Waals surface area contributed by atoms with Crippen molar-refractivity contribution >= 4 is 23.1 Å². The molecule has 5 nitrogen and oxygen atoms in total. The Morgan fingerprint density at radius 1 is 0.941 bits per heavy atom. The second kappa shape index (κ2) is 11.7. The van der Waals surface area contributed by atoms with Crippen molar-refractivity contribution in [1.82, 2.24) is 9.97 Å². The predicted octanol–water partition coefficient (Wildman–Crippen LogP) is 7.89. The predicted molar refractivity (Wildman–Crippen MR) is 130 cm³/mol.